The van der Waals surface area contributed by atoms with Crippen LogP contribution < -0.4 is 10.0 Å². The fourth-order valence-corrected chi connectivity index (χ4v) is 5.35. The number of aromatic nitrogens is 2. The molecule has 0 radical (unpaired) electrons. The molecule has 2 N–H and O–H groups in total. The number of hydrogen-bond donors (Lipinski definition) is 2. The summed E-state index contributed by atoms with van der Waals surface area (Å²) >= 11 is 7.38. The first-order valence-electron chi connectivity index (χ1n) is 7.01. The second-order valence-corrected chi connectivity index (χ2v) is 8.07. The molecule has 1 aromatic carbocycles. The van der Waals surface area contributed by atoms with Gasteiger partial charge in [0.15, 0.2) is 15.1 Å². The standard InChI is InChI=1S/C14H13ClN4O2S2/c15-12-13(19-6-7-22-14(19)17-12)23(20,21)18-11-3-1-2-9-8-16-5-4-10(9)11/h1-3,6-7,16,18H,4-5,8H2. The Morgan fingerprint density at radius 2 is 2.26 bits per heavy atom. The fourth-order valence-electron chi connectivity index (χ4n) is 2.80. The first kappa shape index (κ1) is 14.9. The van der Waals surface area contributed by atoms with Gasteiger partial charge in [0.2, 0.25) is 0 Å². The van der Waals surface area contributed by atoms with Crippen molar-refractivity contribution in [1.29, 1.82) is 0 Å². The minimum atomic E-state index is -3.83. The van der Waals surface area contributed by atoms with E-state index in [1.165, 1.54) is 15.7 Å². The van der Waals surface area contributed by atoms with Crippen LogP contribution in [-0.4, -0.2) is 24.3 Å². The van der Waals surface area contributed by atoms with Crippen LogP contribution in [0.3, 0.4) is 0 Å². The highest BCUT2D eigenvalue weighted by Crippen LogP contribution is 2.29. The minimum Gasteiger partial charge on any atom is -0.312 e. The number of sulfonamides is 1. The van der Waals surface area contributed by atoms with Crippen LogP contribution in [0.4, 0.5) is 5.69 Å². The van der Waals surface area contributed by atoms with Gasteiger partial charge in [0.1, 0.15) is 0 Å². The second-order valence-electron chi connectivity index (χ2n) is 5.24. The number of nitrogens with zero attached hydrogens (tertiary/aromatic N) is 2. The summed E-state index contributed by atoms with van der Waals surface area (Å²) in [5.41, 5.74) is 2.73. The lowest BCUT2D eigenvalue weighted by Gasteiger charge is -2.20. The van der Waals surface area contributed by atoms with Crippen LogP contribution in [0, 0.1) is 0 Å². The Labute approximate surface area is 142 Å². The fraction of sp³-hybridized carbons (Fsp3) is 0.214. The average molecular weight is 369 g/mol. The molecule has 23 heavy (non-hydrogen) atoms. The summed E-state index contributed by atoms with van der Waals surface area (Å²) in [5, 5.41) is 5.01. The molecule has 0 bridgehead atoms. The van der Waals surface area contributed by atoms with E-state index in [9.17, 15) is 8.42 Å². The van der Waals surface area contributed by atoms with Crippen LogP contribution >= 0.6 is 22.9 Å². The number of fused-ring (bicyclic) bond motifs is 2. The van der Waals surface area contributed by atoms with Gasteiger partial charge in [-0.3, -0.25) is 9.12 Å². The van der Waals surface area contributed by atoms with Crippen molar-refractivity contribution in [2.45, 2.75) is 18.0 Å². The van der Waals surface area contributed by atoms with E-state index in [2.05, 4.69) is 15.0 Å². The molecule has 0 saturated carbocycles. The quantitative estimate of drug-likeness (QED) is 0.744. The van der Waals surface area contributed by atoms with Crippen molar-refractivity contribution < 1.29 is 8.42 Å². The maximum Gasteiger partial charge on any atom is 0.281 e. The van der Waals surface area contributed by atoms with Gasteiger partial charge in [0, 0.05) is 18.1 Å². The van der Waals surface area contributed by atoms with E-state index in [0.717, 1.165) is 30.6 Å². The summed E-state index contributed by atoms with van der Waals surface area (Å²) in [5.74, 6) is 0. The lowest BCUT2D eigenvalue weighted by Crippen LogP contribution is -2.25. The van der Waals surface area contributed by atoms with E-state index >= 15 is 0 Å². The van der Waals surface area contributed by atoms with Crippen LogP contribution in [0.1, 0.15) is 11.1 Å². The maximum absolute atomic E-state index is 12.8. The Hall–Kier alpha value is -1.61. The number of imidazole rings is 1. The van der Waals surface area contributed by atoms with Gasteiger partial charge in [-0.2, -0.15) is 8.42 Å². The highest BCUT2D eigenvalue weighted by molar-refractivity contribution is 7.92. The SMILES string of the molecule is O=S(=O)(Nc1cccc2c1CCNC2)c1c(Cl)nc2sccn12. The van der Waals surface area contributed by atoms with Crippen molar-refractivity contribution in [2.24, 2.45) is 0 Å². The summed E-state index contributed by atoms with van der Waals surface area (Å²) in [4.78, 5) is 4.64. The average Bonchev–Trinajstić information content (AvgIpc) is 3.06. The van der Waals surface area contributed by atoms with Gasteiger partial charge >= 0.3 is 0 Å². The Kier molecular flexibility index (Phi) is 3.56. The van der Waals surface area contributed by atoms with Crippen molar-refractivity contribution in [3.05, 3.63) is 46.1 Å². The summed E-state index contributed by atoms with van der Waals surface area (Å²) in [6.45, 7) is 1.57. The normalized spacial score (nSPS) is 14.8. The van der Waals surface area contributed by atoms with Gasteiger partial charge in [-0.05, 0) is 30.2 Å². The van der Waals surface area contributed by atoms with E-state index in [4.69, 9.17) is 11.6 Å². The van der Waals surface area contributed by atoms with Gasteiger partial charge in [-0.15, -0.1) is 11.3 Å². The molecule has 0 saturated heterocycles. The predicted octanol–water partition coefficient (Wildman–Crippen LogP) is 2.50. The zero-order chi connectivity index (χ0) is 16.0. The highest BCUT2D eigenvalue weighted by Gasteiger charge is 2.26. The largest absolute Gasteiger partial charge is 0.312 e. The van der Waals surface area contributed by atoms with E-state index < -0.39 is 10.0 Å². The summed E-state index contributed by atoms with van der Waals surface area (Å²) in [6.07, 6.45) is 2.43. The molecule has 1 aliphatic heterocycles. The zero-order valence-electron chi connectivity index (χ0n) is 11.9. The van der Waals surface area contributed by atoms with Gasteiger partial charge in [-0.1, -0.05) is 23.7 Å². The molecule has 0 unspecified atom stereocenters. The predicted molar refractivity (Wildman–Crippen MR) is 90.7 cm³/mol. The molecule has 0 aliphatic carbocycles. The van der Waals surface area contributed by atoms with Gasteiger partial charge in [0.25, 0.3) is 10.0 Å². The molecule has 9 heteroatoms. The van der Waals surface area contributed by atoms with E-state index in [0.29, 0.717) is 10.6 Å². The minimum absolute atomic E-state index is 0.0178. The number of benzene rings is 1. The van der Waals surface area contributed by atoms with Gasteiger partial charge in [0.05, 0.1) is 5.69 Å². The Morgan fingerprint density at radius 1 is 1.39 bits per heavy atom. The number of anilines is 1. The lowest BCUT2D eigenvalue weighted by atomic mass is 9.99. The molecule has 1 aliphatic rings. The van der Waals surface area contributed by atoms with Crippen LogP contribution in [0.15, 0.2) is 34.8 Å². The molecule has 120 valence electrons. The number of halogens is 1. The molecule has 0 spiro atoms. The van der Waals surface area contributed by atoms with Gasteiger partial charge < -0.3 is 5.32 Å². The molecule has 3 aromatic rings. The summed E-state index contributed by atoms with van der Waals surface area (Å²) in [7, 11) is -3.83. The third-order valence-corrected chi connectivity index (χ3v) is 6.34. The smallest absolute Gasteiger partial charge is 0.281 e. The second kappa shape index (κ2) is 5.48. The third kappa shape index (κ3) is 2.51. The lowest BCUT2D eigenvalue weighted by molar-refractivity contribution is 0.596. The Balaban J connectivity index is 1.79. The molecule has 0 fully saturated rings. The number of rotatable bonds is 3. The van der Waals surface area contributed by atoms with Crippen molar-refractivity contribution >= 4 is 43.6 Å². The molecular weight excluding hydrogens is 356 g/mol. The van der Waals surface area contributed by atoms with Crippen LogP contribution in [0.25, 0.3) is 4.96 Å². The first-order valence-corrected chi connectivity index (χ1v) is 9.76. The molecular formula is C14H13ClN4O2S2. The van der Waals surface area contributed by atoms with Crippen LogP contribution in [0.5, 0.6) is 0 Å². The molecule has 0 amide bonds. The molecule has 4 rings (SSSR count). The molecule has 3 heterocycles. The highest BCUT2D eigenvalue weighted by atomic mass is 35.5. The Bertz CT molecular complexity index is 994. The third-order valence-electron chi connectivity index (χ3n) is 3.82. The zero-order valence-corrected chi connectivity index (χ0v) is 14.3. The number of nitrogens with one attached hydrogen (secondary N) is 2. The topological polar surface area (TPSA) is 75.5 Å². The monoisotopic (exact) mass is 368 g/mol. The molecule has 0 atom stereocenters. The van der Waals surface area contributed by atoms with E-state index in [-0.39, 0.29) is 10.2 Å². The van der Waals surface area contributed by atoms with Crippen LogP contribution in [0.2, 0.25) is 5.15 Å². The van der Waals surface area contributed by atoms with Crippen molar-refractivity contribution in [1.82, 2.24) is 14.7 Å². The Morgan fingerprint density at radius 3 is 3.13 bits per heavy atom. The van der Waals surface area contributed by atoms with E-state index in [1.54, 1.807) is 17.6 Å². The molecule has 6 nitrogen and oxygen atoms in total. The number of hydrogen-bond acceptors (Lipinski definition) is 5. The van der Waals surface area contributed by atoms with Crippen molar-refractivity contribution in [2.75, 3.05) is 11.3 Å². The van der Waals surface area contributed by atoms with Crippen LogP contribution in [-0.2, 0) is 23.0 Å². The van der Waals surface area contributed by atoms with E-state index in [1.807, 2.05) is 12.1 Å². The summed E-state index contributed by atoms with van der Waals surface area (Å²) < 4.78 is 29.8. The number of thiazole rings is 1. The van der Waals surface area contributed by atoms with Crippen molar-refractivity contribution in [3.63, 3.8) is 0 Å². The summed E-state index contributed by atoms with van der Waals surface area (Å²) in [6, 6.07) is 5.63. The first-order chi connectivity index (χ1) is 11.1. The molecule has 2 aromatic heterocycles. The van der Waals surface area contributed by atoms with Crippen molar-refractivity contribution in [3.8, 4) is 0 Å². The maximum atomic E-state index is 12.8. The van der Waals surface area contributed by atoms with Gasteiger partial charge in [-0.25, -0.2) is 4.98 Å².